The maximum atomic E-state index is 6.48. The Bertz CT molecular complexity index is 608. The Hall–Kier alpha value is -0.900. The molecule has 106 valence electrons. The van der Waals surface area contributed by atoms with Gasteiger partial charge < -0.3 is 5.32 Å². The van der Waals surface area contributed by atoms with Crippen LogP contribution in [0, 0.1) is 6.92 Å². The lowest BCUT2D eigenvalue weighted by Crippen LogP contribution is -2.27. The van der Waals surface area contributed by atoms with E-state index in [9.17, 15) is 0 Å². The summed E-state index contributed by atoms with van der Waals surface area (Å²) >= 11 is 8.23. The first-order chi connectivity index (χ1) is 9.72. The number of nitrogens with one attached hydrogen (secondary N) is 1. The molecule has 2 nitrogen and oxygen atoms in total. The van der Waals surface area contributed by atoms with Crippen LogP contribution in [-0.2, 0) is 6.42 Å². The maximum absolute atomic E-state index is 6.48. The van der Waals surface area contributed by atoms with Crippen molar-refractivity contribution in [3.63, 3.8) is 0 Å². The second kappa shape index (κ2) is 5.84. The van der Waals surface area contributed by atoms with Gasteiger partial charge in [0.05, 0.1) is 11.1 Å². The molecule has 1 aliphatic carbocycles. The number of aromatic nitrogens is 1. The third-order valence-corrected chi connectivity index (χ3v) is 5.96. The Morgan fingerprint density at radius 2 is 2.35 bits per heavy atom. The molecule has 1 aliphatic rings. The molecule has 3 rings (SSSR count). The van der Waals surface area contributed by atoms with Crippen molar-refractivity contribution in [1.82, 2.24) is 10.3 Å². The quantitative estimate of drug-likeness (QED) is 0.904. The van der Waals surface area contributed by atoms with E-state index < -0.39 is 0 Å². The predicted molar refractivity (Wildman–Crippen MR) is 85.8 cm³/mol. The van der Waals surface area contributed by atoms with Gasteiger partial charge in [-0.2, -0.15) is 0 Å². The monoisotopic (exact) mass is 306 g/mol. The van der Waals surface area contributed by atoms with Crippen molar-refractivity contribution >= 4 is 22.9 Å². The molecule has 2 unspecified atom stereocenters. The number of aryl methyl sites for hydroxylation is 2. The summed E-state index contributed by atoms with van der Waals surface area (Å²) in [5, 5.41) is 6.53. The Balaban J connectivity index is 2.01. The van der Waals surface area contributed by atoms with Crippen molar-refractivity contribution in [2.75, 3.05) is 7.05 Å². The van der Waals surface area contributed by atoms with Gasteiger partial charge >= 0.3 is 0 Å². The van der Waals surface area contributed by atoms with Crippen molar-refractivity contribution in [3.05, 3.63) is 50.4 Å². The number of nitrogens with zero attached hydrogens (tertiary/aromatic N) is 1. The number of halogens is 1. The third kappa shape index (κ3) is 2.39. The van der Waals surface area contributed by atoms with Crippen molar-refractivity contribution in [2.45, 2.75) is 38.1 Å². The molecule has 0 radical (unpaired) electrons. The first kappa shape index (κ1) is 14.1. The fourth-order valence-electron chi connectivity index (χ4n) is 3.14. The van der Waals surface area contributed by atoms with Crippen LogP contribution >= 0.6 is 22.9 Å². The van der Waals surface area contributed by atoms with E-state index in [2.05, 4.69) is 28.7 Å². The van der Waals surface area contributed by atoms with Gasteiger partial charge in [0.2, 0.25) is 0 Å². The van der Waals surface area contributed by atoms with Crippen LogP contribution in [0.25, 0.3) is 0 Å². The van der Waals surface area contributed by atoms with E-state index in [1.807, 2.05) is 19.3 Å². The predicted octanol–water partition coefficient (Wildman–Crippen LogP) is 4.49. The lowest BCUT2D eigenvalue weighted by atomic mass is 9.81. The SMILES string of the molecule is CNC(c1scc(C)c1Cl)C1CCCc2cccnc21. The minimum absolute atomic E-state index is 0.259. The van der Waals surface area contributed by atoms with Crippen molar-refractivity contribution in [3.8, 4) is 0 Å². The third-order valence-electron chi connectivity index (χ3n) is 4.16. The minimum atomic E-state index is 0.259. The standard InChI is InChI=1S/C16H19ClN2S/c1-10-9-20-16(13(10)17)15(18-2)12-7-3-5-11-6-4-8-19-14(11)12/h4,6,8-9,12,15,18H,3,5,7H2,1-2H3. The van der Waals surface area contributed by atoms with Crippen molar-refractivity contribution in [2.24, 2.45) is 0 Å². The van der Waals surface area contributed by atoms with E-state index in [-0.39, 0.29) is 6.04 Å². The van der Waals surface area contributed by atoms with Gasteiger partial charge in [0.25, 0.3) is 0 Å². The van der Waals surface area contributed by atoms with Crippen LogP contribution in [-0.4, -0.2) is 12.0 Å². The van der Waals surface area contributed by atoms with Gasteiger partial charge in [0, 0.05) is 22.7 Å². The van der Waals surface area contributed by atoms with E-state index >= 15 is 0 Å². The molecule has 4 heteroatoms. The van der Waals surface area contributed by atoms with Crippen LogP contribution in [0.1, 0.15) is 46.5 Å². The molecule has 2 atom stereocenters. The lowest BCUT2D eigenvalue weighted by Gasteiger charge is -2.31. The fourth-order valence-corrected chi connectivity index (χ4v) is 4.63. The van der Waals surface area contributed by atoms with Crippen molar-refractivity contribution in [1.29, 1.82) is 0 Å². The Labute approximate surface area is 129 Å². The summed E-state index contributed by atoms with van der Waals surface area (Å²) in [4.78, 5) is 5.90. The van der Waals surface area contributed by atoms with Crippen LogP contribution in [0.5, 0.6) is 0 Å². The smallest absolute Gasteiger partial charge is 0.0590 e. The summed E-state index contributed by atoms with van der Waals surface area (Å²) in [7, 11) is 2.02. The largest absolute Gasteiger partial charge is 0.312 e. The van der Waals surface area contributed by atoms with Gasteiger partial charge in [-0.25, -0.2) is 0 Å². The lowest BCUT2D eigenvalue weighted by molar-refractivity contribution is 0.420. The summed E-state index contributed by atoms with van der Waals surface area (Å²) in [5.74, 6) is 0.417. The Morgan fingerprint density at radius 3 is 3.05 bits per heavy atom. The molecule has 0 saturated heterocycles. The molecule has 2 aromatic heterocycles. The topological polar surface area (TPSA) is 24.9 Å². The number of pyridine rings is 1. The molecule has 20 heavy (non-hydrogen) atoms. The van der Waals surface area contributed by atoms with Crippen LogP contribution in [0.4, 0.5) is 0 Å². The second-order valence-electron chi connectivity index (χ2n) is 5.41. The highest BCUT2D eigenvalue weighted by Gasteiger charge is 2.31. The molecule has 0 aromatic carbocycles. The summed E-state index contributed by atoms with van der Waals surface area (Å²) in [6, 6.07) is 4.51. The number of thiophene rings is 1. The summed E-state index contributed by atoms with van der Waals surface area (Å²) in [6.45, 7) is 2.07. The number of hydrogen-bond donors (Lipinski definition) is 1. The zero-order valence-corrected chi connectivity index (χ0v) is 13.4. The average molecular weight is 307 g/mol. The first-order valence-corrected chi connectivity index (χ1v) is 8.32. The van der Waals surface area contributed by atoms with Crippen LogP contribution < -0.4 is 5.32 Å². The van der Waals surface area contributed by atoms with Gasteiger partial charge in [-0.05, 0) is 55.8 Å². The number of rotatable bonds is 3. The van der Waals surface area contributed by atoms with Gasteiger partial charge in [-0.3, -0.25) is 4.98 Å². The average Bonchev–Trinajstić information content (AvgIpc) is 2.81. The first-order valence-electron chi connectivity index (χ1n) is 7.07. The zero-order valence-electron chi connectivity index (χ0n) is 11.8. The molecule has 0 spiro atoms. The molecule has 0 saturated carbocycles. The van der Waals surface area contributed by atoms with Crippen LogP contribution in [0.3, 0.4) is 0 Å². The molecule has 0 aliphatic heterocycles. The molecule has 0 amide bonds. The Morgan fingerprint density at radius 1 is 1.50 bits per heavy atom. The highest BCUT2D eigenvalue weighted by atomic mass is 35.5. The van der Waals surface area contributed by atoms with Gasteiger partial charge in [-0.1, -0.05) is 17.7 Å². The fraction of sp³-hybridized carbons (Fsp3) is 0.438. The second-order valence-corrected chi connectivity index (χ2v) is 6.70. The Kier molecular flexibility index (Phi) is 4.11. The molecular weight excluding hydrogens is 288 g/mol. The number of likely N-dealkylation sites (N-methyl/N-ethyl adjacent to an activating group) is 1. The molecule has 2 heterocycles. The van der Waals surface area contributed by atoms with Gasteiger partial charge in [0.1, 0.15) is 0 Å². The van der Waals surface area contributed by atoms with E-state index in [1.54, 1.807) is 11.3 Å². The highest BCUT2D eigenvalue weighted by molar-refractivity contribution is 7.10. The number of hydrogen-bond acceptors (Lipinski definition) is 3. The van der Waals surface area contributed by atoms with Crippen LogP contribution in [0.2, 0.25) is 5.02 Å². The van der Waals surface area contributed by atoms with E-state index in [4.69, 9.17) is 11.6 Å². The zero-order chi connectivity index (χ0) is 14.1. The van der Waals surface area contributed by atoms with Crippen LogP contribution in [0.15, 0.2) is 23.7 Å². The minimum Gasteiger partial charge on any atom is -0.312 e. The number of fused-ring (bicyclic) bond motifs is 1. The van der Waals surface area contributed by atoms with Crippen molar-refractivity contribution < 1.29 is 0 Å². The van der Waals surface area contributed by atoms with E-state index in [0.717, 1.165) is 11.4 Å². The summed E-state index contributed by atoms with van der Waals surface area (Å²) in [5.41, 5.74) is 3.82. The summed E-state index contributed by atoms with van der Waals surface area (Å²) < 4.78 is 0. The van der Waals surface area contributed by atoms with Gasteiger partial charge in [0.15, 0.2) is 0 Å². The highest BCUT2D eigenvalue weighted by Crippen LogP contribution is 2.43. The van der Waals surface area contributed by atoms with Gasteiger partial charge in [-0.15, -0.1) is 11.3 Å². The summed E-state index contributed by atoms with van der Waals surface area (Å²) in [6.07, 6.45) is 5.45. The molecule has 1 N–H and O–H groups in total. The molecule has 2 aromatic rings. The maximum Gasteiger partial charge on any atom is 0.0590 e. The molecule has 0 fully saturated rings. The van der Waals surface area contributed by atoms with E-state index in [1.165, 1.54) is 34.5 Å². The molecule has 0 bridgehead atoms. The normalized spacial score (nSPS) is 19.6. The van der Waals surface area contributed by atoms with E-state index in [0.29, 0.717) is 5.92 Å². The molecular formula is C16H19ClN2S.